The number of hydrogen-bond acceptors (Lipinski definition) is 4. The molecule has 1 amide bonds. The summed E-state index contributed by atoms with van der Waals surface area (Å²) in [6.45, 7) is 2.54. The van der Waals surface area contributed by atoms with E-state index >= 15 is 0 Å². The number of carboxylic acid groups (broad SMARTS) is 1. The summed E-state index contributed by atoms with van der Waals surface area (Å²) in [5.74, 6) is -1.22. The average Bonchev–Trinajstić information content (AvgIpc) is 3.02. The van der Waals surface area contributed by atoms with Gasteiger partial charge in [-0.15, -0.1) is 0 Å². The molecule has 1 aliphatic carbocycles. The Kier molecular flexibility index (Phi) is 6.66. The summed E-state index contributed by atoms with van der Waals surface area (Å²) in [5.41, 5.74) is 4.49. The second kappa shape index (κ2) is 9.37. The van der Waals surface area contributed by atoms with Crippen LogP contribution in [0.25, 0.3) is 11.1 Å². The van der Waals surface area contributed by atoms with E-state index in [-0.39, 0.29) is 19.1 Å². The molecule has 0 spiro atoms. The fourth-order valence-corrected chi connectivity index (χ4v) is 3.40. The Bertz CT molecular complexity index is 790. The lowest BCUT2D eigenvalue weighted by Crippen LogP contribution is -2.44. The maximum atomic E-state index is 12.2. The Morgan fingerprint density at radius 1 is 1.07 bits per heavy atom. The van der Waals surface area contributed by atoms with Crippen molar-refractivity contribution in [2.24, 2.45) is 0 Å². The molecule has 6 nitrogen and oxygen atoms in total. The maximum Gasteiger partial charge on any atom is 0.407 e. The fraction of sp³-hybridized carbons (Fsp3) is 0.364. The van der Waals surface area contributed by atoms with Crippen molar-refractivity contribution in [2.75, 3.05) is 19.8 Å². The van der Waals surface area contributed by atoms with Crippen LogP contribution in [0.15, 0.2) is 48.5 Å². The minimum absolute atomic E-state index is 0.0674. The van der Waals surface area contributed by atoms with Crippen LogP contribution in [0.1, 0.15) is 36.8 Å². The molecule has 0 aliphatic heterocycles. The molecule has 3 rings (SSSR count). The standard InChI is InChI=1S/C22H25NO5/c1-2-3-12-27-14-20(21(24)25)23-22(26)28-13-19-17-10-6-4-8-15(17)16-9-5-7-11-18(16)19/h4-11,19-20H,2-3,12-14H2,1H3,(H,23,26)(H,24,25)/t20-/m1/s1. The first-order chi connectivity index (χ1) is 13.6. The number of unbranched alkanes of at least 4 members (excludes halogenated alkanes) is 1. The van der Waals surface area contributed by atoms with Gasteiger partial charge < -0.3 is 19.9 Å². The summed E-state index contributed by atoms with van der Waals surface area (Å²) < 4.78 is 10.7. The second-order valence-corrected chi connectivity index (χ2v) is 6.79. The van der Waals surface area contributed by atoms with E-state index in [1.165, 1.54) is 0 Å². The van der Waals surface area contributed by atoms with Gasteiger partial charge in [-0.25, -0.2) is 9.59 Å². The predicted octanol–water partition coefficient (Wildman–Crippen LogP) is 3.80. The summed E-state index contributed by atoms with van der Waals surface area (Å²) in [6, 6.07) is 14.9. The van der Waals surface area contributed by atoms with Crippen LogP contribution in [-0.4, -0.2) is 43.0 Å². The molecular weight excluding hydrogens is 358 g/mol. The number of aliphatic carboxylic acids is 1. The molecule has 2 aromatic rings. The van der Waals surface area contributed by atoms with Gasteiger partial charge in [-0.1, -0.05) is 61.9 Å². The van der Waals surface area contributed by atoms with Crippen molar-refractivity contribution in [3.63, 3.8) is 0 Å². The number of carboxylic acids is 1. The number of benzene rings is 2. The quantitative estimate of drug-likeness (QED) is 0.644. The van der Waals surface area contributed by atoms with Crippen molar-refractivity contribution < 1.29 is 24.2 Å². The zero-order valence-electron chi connectivity index (χ0n) is 15.9. The van der Waals surface area contributed by atoms with E-state index in [2.05, 4.69) is 17.4 Å². The summed E-state index contributed by atoms with van der Waals surface area (Å²) in [5, 5.41) is 11.6. The van der Waals surface area contributed by atoms with Gasteiger partial charge in [-0.05, 0) is 28.7 Å². The molecule has 0 heterocycles. The van der Waals surface area contributed by atoms with Gasteiger partial charge in [0.2, 0.25) is 0 Å². The van der Waals surface area contributed by atoms with Crippen LogP contribution in [0.2, 0.25) is 0 Å². The summed E-state index contributed by atoms with van der Waals surface area (Å²) in [7, 11) is 0. The van der Waals surface area contributed by atoms with E-state index in [0.29, 0.717) is 6.61 Å². The lowest BCUT2D eigenvalue weighted by Gasteiger charge is -2.17. The van der Waals surface area contributed by atoms with E-state index in [1.807, 2.05) is 43.3 Å². The molecule has 0 saturated carbocycles. The molecular formula is C22H25NO5. The summed E-state index contributed by atoms with van der Waals surface area (Å²) in [4.78, 5) is 23.5. The lowest BCUT2D eigenvalue weighted by molar-refractivity contribution is -0.141. The van der Waals surface area contributed by atoms with Crippen molar-refractivity contribution in [3.05, 3.63) is 59.7 Å². The molecule has 0 radical (unpaired) electrons. The number of carbonyl (C=O) groups is 2. The third-order valence-corrected chi connectivity index (χ3v) is 4.86. The second-order valence-electron chi connectivity index (χ2n) is 6.79. The summed E-state index contributed by atoms with van der Waals surface area (Å²) >= 11 is 0. The van der Waals surface area contributed by atoms with E-state index in [4.69, 9.17) is 9.47 Å². The molecule has 0 unspecified atom stereocenters. The largest absolute Gasteiger partial charge is 0.480 e. The Morgan fingerprint density at radius 3 is 2.25 bits per heavy atom. The minimum atomic E-state index is -1.15. The van der Waals surface area contributed by atoms with Crippen LogP contribution in [0.3, 0.4) is 0 Å². The molecule has 2 aromatic carbocycles. The highest BCUT2D eigenvalue weighted by atomic mass is 16.5. The van der Waals surface area contributed by atoms with E-state index in [1.54, 1.807) is 0 Å². The van der Waals surface area contributed by atoms with Gasteiger partial charge in [-0.3, -0.25) is 0 Å². The zero-order valence-corrected chi connectivity index (χ0v) is 15.9. The molecule has 1 atom stereocenters. The molecule has 148 valence electrons. The molecule has 0 aromatic heterocycles. The highest BCUT2D eigenvalue weighted by Crippen LogP contribution is 2.44. The number of alkyl carbamates (subject to hydrolysis) is 1. The van der Waals surface area contributed by atoms with Crippen LogP contribution < -0.4 is 5.32 Å². The highest BCUT2D eigenvalue weighted by molar-refractivity contribution is 5.81. The lowest BCUT2D eigenvalue weighted by atomic mass is 9.98. The van der Waals surface area contributed by atoms with Gasteiger partial charge in [0.05, 0.1) is 6.61 Å². The van der Waals surface area contributed by atoms with Crippen LogP contribution in [-0.2, 0) is 14.3 Å². The van der Waals surface area contributed by atoms with Crippen molar-refractivity contribution in [1.29, 1.82) is 0 Å². The number of nitrogens with one attached hydrogen (secondary N) is 1. The first-order valence-corrected chi connectivity index (χ1v) is 9.54. The monoisotopic (exact) mass is 383 g/mol. The van der Waals surface area contributed by atoms with Crippen LogP contribution in [0, 0.1) is 0 Å². The van der Waals surface area contributed by atoms with Gasteiger partial charge in [0.1, 0.15) is 6.61 Å². The third-order valence-electron chi connectivity index (χ3n) is 4.86. The van der Waals surface area contributed by atoms with Crippen molar-refractivity contribution in [2.45, 2.75) is 31.7 Å². The van der Waals surface area contributed by atoms with Gasteiger partial charge in [-0.2, -0.15) is 0 Å². The number of carbonyl (C=O) groups excluding carboxylic acids is 1. The van der Waals surface area contributed by atoms with Gasteiger partial charge in [0.15, 0.2) is 6.04 Å². The molecule has 1 aliphatic rings. The first-order valence-electron chi connectivity index (χ1n) is 9.54. The Labute approximate surface area is 164 Å². The number of fused-ring (bicyclic) bond motifs is 3. The molecule has 0 fully saturated rings. The van der Waals surface area contributed by atoms with Crippen LogP contribution >= 0.6 is 0 Å². The number of amides is 1. The van der Waals surface area contributed by atoms with Crippen molar-refractivity contribution >= 4 is 12.1 Å². The Hall–Kier alpha value is -2.86. The average molecular weight is 383 g/mol. The van der Waals surface area contributed by atoms with Crippen LogP contribution in [0.5, 0.6) is 0 Å². The van der Waals surface area contributed by atoms with E-state index in [0.717, 1.165) is 35.1 Å². The normalized spacial score (nSPS) is 13.5. The van der Waals surface area contributed by atoms with Crippen LogP contribution in [0.4, 0.5) is 4.79 Å². The van der Waals surface area contributed by atoms with E-state index < -0.39 is 18.1 Å². The Balaban J connectivity index is 1.60. The van der Waals surface area contributed by atoms with Gasteiger partial charge in [0.25, 0.3) is 0 Å². The molecule has 6 heteroatoms. The zero-order chi connectivity index (χ0) is 19.9. The van der Waals surface area contributed by atoms with Crippen molar-refractivity contribution in [1.82, 2.24) is 5.32 Å². The predicted molar refractivity (Wildman–Crippen MR) is 105 cm³/mol. The van der Waals surface area contributed by atoms with E-state index in [9.17, 15) is 14.7 Å². The minimum Gasteiger partial charge on any atom is -0.480 e. The number of ether oxygens (including phenoxy) is 2. The fourth-order valence-electron chi connectivity index (χ4n) is 3.40. The summed E-state index contributed by atoms with van der Waals surface area (Å²) in [6.07, 6.45) is 1.04. The molecule has 28 heavy (non-hydrogen) atoms. The Morgan fingerprint density at radius 2 is 1.68 bits per heavy atom. The SMILES string of the molecule is CCCCOC[C@@H](NC(=O)OCC1c2ccccc2-c2ccccc21)C(=O)O. The topological polar surface area (TPSA) is 84.9 Å². The number of rotatable bonds is 9. The maximum absolute atomic E-state index is 12.2. The first kappa shape index (κ1) is 19.9. The van der Waals surface area contributed by atoms with Gasteiger partial charge >= 0.3 is 12.1 Å². The smallest absolute Gasteiger partial charge is 0.407 e. The highest BCUT2D eigenvalue weighted by Gasteiger charge is 2.29. The van der Waals surface area contributed by atoms with Crippen molar-refractivity contribution in [3.8, 4) is 11.1 Å². The number of hydrogen-bond donors (Lipinski definition) is 2. The molecule has 2 N–H and O–H groups in total. The third kappa shape index (κ3) is 4.51. The van der Waals surface area contributed by atoms with Gasteiger partial charge in [0, 0.05) is 12.5 Å². The molecule has 0 bridgehead atoms. The molecule has 0 saturated heterocycles.